The fraction of sp³-hybridized carbons (Fsp3) is 0.409. The van der Waals surface area contributed by atoms with Gasteiger partial charge in [-0.05, 0) is 61.3 Å². The number of nitrogens with zero attached hydrogens (tertiary/aromatic N) is 1. The lowest BCUT2D eigenvalue weighted by atomic mass is 9.89. The molecule has 2 atom stereocenters. The zero-order valence-electron chi connectivity index (χ0n) is 15.9. The van der Waals surface area contributed by atoms with E-state index in [1.807, 2.05) is 23.9 Å². The number of hydrogen-bond donors (Lipinski definition) is 2. The van der Waals surface area contributed by atoms with Gasteiger partial charge in [0.2, 0.25) is 0 Å². The molecule has 4 nitrogen and oxygen atoms in total. The Morgan fingerprint density at radius 2 is 2.21 bits per heavy atom. The van der Waals surface area contributed by atoms with Crippen LogP contribution >= 0.6 is 23.4 Å². The summed E-state index contributed by atoms with van der Waals surface area (Å²) in [7, 11) is 0. The Morgan fingerprint density at radius 3 is 3.07 bits per heavy atom. The number of Topliss-reactive ketones (excluding diaryl/α,β-unsaturated/α-hetero) is 1. The summed E-state index contributed by atoms with van der Waals surface area (Å²) in [6.07, 6.45) is 1.21. The minimum Gasteiger partial charge on any atom is -0.367 e. The Bertz CT molecular complexity index is 948. The first kappa shape index (κ1) is 18.3. The molecule has 28 heavy (non-hydrogen) atoms. The number of fused-ring (bicyclic) bond motifs is 3. The maximum atomic E-state index is 12.1. The molecule has 0 bridgehead atoms. The van der Waals surface area contributed by atoms with Crippen LogP contribution in [0.4, 0.5) is 17.1 Å². The summed E-state index contributed by atoms with van der Waals surface area (Å²) in [5.74, 6) is 2.79. The van der Waals surface area contributed by atoms with Gasteiger partial charge in [0.1, 0.15) is 0 Å². The highest BCUT2D eigenvalue weighted by Crippen LogP contribution is 2.48. The van der Waals surface area contributed by atoms with Crippen molar-refractivity contribution in [1.82, 2.24) is 5.32 Å². The van der Waals surface area contributed by atoms with Crippen LogP contribution in [0.2, 0.25) is 5.02 Å². The highest BCUT2D eigenvalue weighted by Gasteiger charge is 2.41. The molecule has 1 fully saturated rings. The molecule has 3 aliphatic rings. The molecule has 3 aliphatic heterocycles. The molecule has 2 aromatic rings. The quantitative estimate of drug-likeness (QED) is 0.707. The number of ketones is 1. The molecule has 0 aromatic heterocycles. The van der Waals surface area contributed by atoms with Crippen molar-refractivity contribution < 1.29 is 4.79 Å². The van der Waals surface area contributed by atoms with Gasteiger partial charge in [-0.25, -0.2) is 0 Å². The van der Waals surface area contributed by atoms with Crippen LogP contribution < -0.4 is 15.5 Å². The lowest BCUT2D eigenvalue weighted by Gasteiger charge is -2.33. The highest BCUT2D eigenvalue weighted by atomic mass is 35.5. The minimum atomic E-state index is 0.0163. The van der Waals surface area contributed by atoms with Crippen LogP contribution in [0.5, 0.6) is 0 Å². The molecule has 2 N–H and O–H groups in total. The Balaban J connectivity index is 1.57. The summed E-state index contributed by atoms with van der Waals surface area (Å²) in [6.45, 7) is 4.88. The normalized spacial score (nSPS) is 23.0. The smallest absolute Gasteiger partial charge is 0.161 e. The van der Waals surface area contributed by atoms with Gasteiger partial charge in [-0.1, -0.05) is 11.6 Å². The Labute approximate surface area is 175 Å². The maximum Gasteiger partial charge on any atom is 0.161 e. The van der Waals surface area contributed by atoms with Gasteiger partial charge in [0, 0.05) is 64.2 Å². The van der Waals surface area contributed by atoms with E-state index in [4.69, 9.17) is 11.6 Å². The predicted molar refractivity (Wildman–Crippen MR) is 119 cm³/mol. The zero-order chi connectivity index (χ0) is 19.3. The Hall–Kier alpha value is -1.69. The van der Waals surface area contributed by atoms with Crippen LogP contribution in [-0.4, -0.2) is 37.2 Å². The molecule has 146 valence electrons. The van der Waals surface area contributed by atoms with Crippen LogP contribution in [0, 0.1) is 0 Å². The van der Waals surface area contributed by atoms with Crippen LogP contribution in [0.3, 0.4) is 0 Å². The van der Waals surface area contributed by atoms with E-state index in [1.54, 1.807) is 13.0 Å². The average molecular weight is 414 g/mol. The van der Waals surface area contributed by atoms with Crippen molar-refractivity contribution in [3.05, 3.63) is 52.0 Å². The number of thioether (sulfide) groups is 1. The number of nitrogens with one attached hydrogen (secondary N) is 2. The molecule has 2 aromatic carbocycles. The summed E-state index contributed by atoms with van der Waals surface area (Å²) in [5.41, 5.74) is 6.85. The van der Waals surface area contributed by atoms with Crippen molar-refractivity contribution >= 4 is 46.2 Å². The predicted octanol–water partition coefficient (Wildman–Crippen LogP) is 4.80. The van der Waals surface area contributed by atoms with Gasteiger partial charge in [-0.15, -0.1) is 0 Å². The van der Waals surface area contributed by atoms with Crippen molar-refractivity contribution in [3.63, 3.8) is 0 Å². The van der Waals surface area contributed by atoms with Crippen molar-refractivity contribution in [2.75, 3.05) is 35.6 Å². The first-order valence-corrected chi connectivity index (χ1v) is 11.4. The van der Waals surface area contributed by atoms with Crippen molar-refractivity contribution in [2.24, 2.45) is 0 Å². The largest absolute Gasteiger partial charge is 0.367 e. The second-order valence-corrected chi connectivity index (χ2v) is 9.40. The number of halogens is 1. The number of carbonyl (C=O) groups excluding carboxylic acids is 1. The van der Waals surface area contributed by atoms with Gasteiger partial charge < -0.3 is 15.5 Å². The van der Waals surface area contributed by atoms with Gasteiger partial charge in [0.05, 0.1) is 0 Å². The summed E-state index contributed by atoms with van der Waals surface area (Å²) >= 11 is 8.12. The molecule has 1 saturated heterocycles. The van der Waals surface area contributed by atoms with Crippen LogP contribution in [0.1, 0.15) is 40.7 Å². The monoisotopic (exact) mass is 413 g/mol. The van der Waals surface area contributed by atoms with E-state index in [2.05, 4.69) is 27.7 Å². The average Bonchev–Trinajstić information content (AvgIpc) is 2.85. The lowest BCUT2D eigenvalue weighted by Crippen LogP contribution is -2.44. The van der Waals surface area contributed by atoms with Crippen molar-refractivity contribution in [1.29, 1.82) is 0 Å². The Kier molecular flexibility index (Phi) is 4.77. The molecule has 0 spiro atoms. The molecule has 5 rings (SSSR count). The second kappa shape index (κ2) is 7.29. The highest BCUT2D eigenvalue weighted by molar-refractivity contribution is 7.98. The minimum absolute atomic E-state index is 0.0163. The molecule has 0 unspecified atom stereocenters. The van der Waals surface area contributed by atoms with E-state index in [0.717, 1.165) is 36.8 Å². The maximum absolute atomic E-state index is 12.1. The van der Waals surface area contributed by atoms with E-state index < -0.39 is 0 Å². The number of benzene rings is 2. The second-order valence-electron chi connectivity index (χ2n) is 7.86. The zero-order valence-corrected chi connectivity index (χ0v) is 17.5. The summed E-state index contributed by atoms with van der Waals surface area (Å²) in [6, 6.07) is 10.7. The van der Waals surface area contributed by atoms with E-state index in [9.17, 15) is 4.79 Å². The molecular weight excluding hydrogens is 390 g/mol. The third kappa shape index (κ3) is 3.10. The molecule has 0 saturated carbocycles. The fourth-order valence-electron chi connectivity index (χ4n) is 4.93. The van der Waals surface area contributed by atoms with E-state index in [-0.39, 0.29) is 5.78 Å². The van der Waals surface area contributed by atoms with Crippen molar-refractivity contribution in [3.8, 4) is 0 Å². The third-order valence-corrected chi connectivity index (χ3v) is 7.35. The van der Waals surface area contributed by atoms with Gasteiger partial charge in [0.25, 0.3) is 0 Å². The number of rotatable bonds is 3. The van der Waals surface area contributed by atoms with Crippen LogP contribution in [-0.2, 0) is 5.75 Å². The molecular formula is C22H24ClN3OS. The summed E-state index contributed by atoms with van der Waals surface area (Å²) in [5, 5.41) is 7.68. The topological polar surface area (TPSA) is 44.4 Å². The molecule has 0 amide bonds. The summed E-state index contributed by atoms with van der Waals surface area (Å²) in [4.78, 5) is 14.8. The standard InChI is InChI=1S/C22H24ClN3OS/c1-13(27)17-9-15(23)2-3-20(17)25-16-8-14-12-28-7-6-26-21-4-5-24-11-19(21)18(10-16)22(14)26/h2-3,8-10,19,21,24-25H,4-7,11-12H2,1H3/t19-,21-/m0/s1. The number of carbonyl (C=O) groups is 1. The SMILES string of the molecule is CC(=O)c1cc(Cl)ccc1Nc1cc2c3c(c1)[C@@H]1CNCC[C@@H]1N3CCSC2. The van der Waals surface area contributed by atoms with E-state index in [0.29, 0.717) is 22.5 Å². The van der Waals surface area contributed by atoms with Crippen LogP contribution in [0.25, 0.3) is 0 Å². The molecule has 6 heteroatoms. The van der Waals surface area contributed by atoms with Gasteiger partial charge in [-0.2, -0.15) is 11.8 Å². The first-order valence-electron chi connectivity index (χ1n) is 9.91. The number of hydrogen-bond acceptors (Lipinski definition) is 5. The summed E-state index contributed by atoms with van der Waals surface area (Å²) < 4.78 is 0. The van der Waals surface area contributed by atoms with E-state index >= 15 is 0 Å². The van der Waals surface area contributed by atoms with Gasteiger partial charge in [0.15, 0.2) is 5.78 Å². The van der Waals surface area contributed by atoms with Gasteiger partial charge in [-0.3, -0.25) is 4.79 Å². The lowest BCUT2D eigenvalue weighted by molar-refractivity contribution is 0.101. The van der Waals surface area contributed by atoms with Gasteiger partial charge >= 0.3 is 0 Å². The molecule has 0 radical (unpaired) electrons. The Morgan fingerprint density at radius 1 is 1.32 bits per heavy atom. The first-order chi connectivity index (χ1) is 13.6. The van der Waals surface area contributed by atoms with Crippen molar-refractivity contribution in [2.45, 2.75) is 31.1 Å². The van der Waals surface area contributed by atoms with E-state index in [1.165, 1.54) is 29.0 Å². The number of piperidine rings is 1. The number of anilines is 3. The fourth-order valence-corrected chi connectivity index (χ4v) is 6.01. The molecule has 0 aliphatic carbocycles. The van der Waals surface area contributed by atoms with Crippen LogP contribution in [0.15, 0.2) is 30.3 Å². The third-order valence-electron chi connectivity index (χ3n) is 6.12. The molecule has 3 heterocycles.